The first kappa shape index (κ1) is 22.4. The topological polar surface area (TPSA) is 24.5 Å². The van der Waals surface area contributed by atoms with Crippen LogP contribution >= 0.6 is 0 Å². The molecule has 0 aromatic heterocycles. The van der Waals surface area contributed by atoms with Gasteiger partial charge in [-0.2, -0.15) is 0 Å². The van der Waals surface area contributed by atoms with E-state index in [2.05, 4.69) is 60.5 Å². The van der Waals surface area contributed by atoms with E-state index in [9.17, 15) is 0 Å². The number of rotatable bonds is 15. The molecule has 2 aromatic carbocycles. The highest BCUT2D eigenvalue weighted by Gasteiger charge is 2.03. The van der Waals surface area contributed by atoms with Gasteiger partial charge in [0.1, 0.15) is 12.4 Å². The van der Waals surface area contributed by atoms with Gasteiger partial charge in [-0.1, -0.05) is 69.2 Å². The van der Waals surface area contributed by atoms with Crippen molar-refractivity contribution in [2.24, 2.45) is 0 Å². The number of unbranched alkanes of at least 4 members (excludes halogenated alkanes) is 2. The Morgan fingerprint density at radius 3 is 2.04 bits per heavy atom. The van der Waals surface area contributed by atoms with Crippen LogP contribution in [0.4, 0.5) is 0 Å². The van der Waals surface area contributed by atoms with Crippen LogP contribution in [0, 0.1) is 0 Å². The number of benzene rings is 2. The highest BCUT2D eigenvalue weighted by molar-refractivity contribution is 5.27. The quantitative estimate of drug-likeness (QED) is 0.403. The van der Waals surface area contributed by atoms with Crippen molar-refractivity contribution in [2.75, 3.05) is 26.2 Å². The monoisotopic (exact) mass is 382 g/mol. The third-order valence-corrected chi connectivity index (χ3v) is 4.98. The Labute approximate surface area is 172 Å². The molecule has 0 fully saturated rings. The summed E-state index contributed by atoms with van der Waals surface area (Å²) in [5, 5.41) is 3.58. The van der Waals surface area contributed by atoms with Gasteiger partial charge in [-0.25, -0.2) is 0 Å². The van der Waals surface area contributed by atoms with Gasteiger partial charge in [0.25, 0.3) is 0 Å². The van der Waals surface area contributed by atoms with Gasteiger partial charge in [0.15, 0.2) is 0 Å². The Kier molecular flexibility index (Phi) is 11.4. The standard InChI is InChI=1S/C25H38N2O/c1-3-5-18-27(19-6-4-2)20-10-17-26-21-23-13-15-25(16-14-23)28-22-24-11-8-7-9-12-24/h7-9,11-16,26H,3-6,10,17-22H2,1-2H3. The van der Waals surface area contributed by atoms with Crippen LogP contribution in [0.3, 0.4) is 0 Å². The van der Waals surface area contributed by atoms with E-state index in [1.165, 1.54) is 62.9 Å². The first-order valence-electron chi connectivity index (χ1n) is 11.0. The summed E-state index contributed by atoms with van der Waals surface area (Å²) in [6, 6.07) is 18.7. The molecule has 2 rings (SSSR count). The molecule has 154 valence electrons. The molecule has 0 saturated carbocycles. The molecule has 0 aliphatic rings. The molecule has 0 atom stereocenters. The molecular weight excluding hydrogens is 344 g/mol. The Bertz CT molecular complexity index is 604. The summed E-state index contributed by atoms with van der Waals surface area (Å²) in [6.45, 7) is 10.9. The molecule has 0 heterocycles. The molecular formula is C25H38N2O. The molecule has 1 N–H and O–H groups in total. The normalized spacial score (nSPS) is 11.1. The largest absolute Gasteiger partial charge is 0.489 e. The van der Waals surface area contributed by atoms with Gasteiger partial charge in [-0.15, -0.1) is 0 Å². The predicted molar refractivity (Wildman–Crippen MR) is 120 cm³/mol. The summed E-state index contributed by atoms with van der Waals surface area (Å²) in [4.78, 5) is 2.63. The number of hydrogen-bond acceptors (Lipinski definition) is 3. The lowest BCUT2D eigenvalue weighted by Crippen LogP contribution is -2.29. The van der Waals surface area contributed by atoms with Crippen LogP contribution < -0.4 is 10.1 Å². The maximum atomic E-state index is 5.85. The van der Waals surface area contributed by atoms with E-state index >= 15 is 0 Å². The fourth-order valence-corrected chi connectivity index (χ4v) is 3.20. The minimum absolute atomic E-state index is 0.616. The fraction of sp³-hybridized carbons (Fsp3) is 0.520. The smallest absolute Gasteiger partial charge is 0.119 e. The van der Waals surface area contributed by atoms with E-state index in [-0.39, 0.29) is 0 Å². The second-order valence-corrected chi connectivity index (χ2v) is 7.50. The van der Waals surface area contributed by atoms with E-state index in [0.717, 1.165) is 18.8 Å². The zero-order valence-corrected chi connectivity index (χ0v) is 17.8. The molecule has 3 heteroatoms. The van der Waals surface area contributed by atoms with Crippen molar-refractivity contribution in [2.45, 2.75) is 59.1 Å². The van der Waals surface area contributed by atoms with Crippen molar-refractivity contribution >= 4 is 0 Å². The SMILES string of the molecule is CCCCN(CCCC)CCCNCc1ccc(OCc2ccccc2)cc1. The molecule has 0 saturated heterocycles. The van der Waals surface area contributed by atoms with E-state index in [1.54, 1.807) is 0 Å². The minimum Gasteiger partial charge on any atom is -0.489 e. The summed E-state index contributed by atoms with van der Waals surface area (Å²) in [5.74, 6) is 0.926. The average Bonchev–Trinajstić information content (AvgIpc) is 2.75. The second kappa shape index (κ2) is 14.2. The fourth-order valence-electron chi connectivity index (χ4n) is 3.20. The molecule has 0 radical (unpaired) electrons. The summed E-state index contributed by atoms with van der Waals surface area (Å²) in [7, 11) is 0. The third kappa shape index (κ3) is 9.38. The highest BCUT2D eigenvalue weighted by Crippen LogP contribution is 2.14. The maximum Gasteiger partial charge on any atom is 0.119 e. The van der Waals surface area contributed by atoms with Crippen LogP contribution in [0.5, 0.6) is 5.75 Å². The molecule has 0 spiro atoms. The summed E-state index contributed by atoms with van der Waals surface area (Å²) in [6.07, 6.45) is 6.41. The van der Waals surface area contributed by atoms with Gasteiger partial charge in [0, 0.05) is 6.54 Å². The van der Waals surface area contributed by atoms with Crippen LogP contribution in [-0.4, -0.2) is 31.1 Å². The van der Waals surface area contributed by atoms with Crippen molar-refractivity contribution in [3.63, 3.8) is 0 Å². The minimum atomic E-state index is 0.616. The molecule has 0 aliphatic heterocycles. The Hall–Kier alpha value is -1.84. The molecule has 0 amide bonds. The van der Waals surface area contributed by atoms with Crippen molar-refractivity contribution in [1.29, 1.82) is 0 Å². The first-order chi connectivity index (χ1) is 13.8. The second-order valence-electron chi connectivity index (χ2n) is 7.50. The Morgan fingerprint density at radius 2 is 1.39 bits per heavy atom. The maximum absolute atomic E-state index is 5.85. The molecule has 2 aromatic rings. The molecule has 0 bridgehead atoms. The van der Waals surface area contributed by atoms with Crippen molar-refractivity contribution in [3.8, 4) is 5.75 Å². The zero-order valence-electron chi connectivity index (χ0n) is 17.8. The van der Waals surface area contributed by atoms with Gasteiger partial charge in [0.05, 0.1) is 0 Å². The van der Waals surface area contributed by atoms with Crippen LogP contribution in [-0.2, 0) is 13.2 Å². The van der Waals surface area contributed by atoms with Crippen molar-refractivity contribution in [1.82, 2.24) is 10.2 Å². The van der Waals surface area contributed by atoms with Crippen molar-refractivity contribution < 1.29 is 4.74 Å². The summed E-state index contributed by atoms with van der Waals surface area (Å²) < 4.78 is 5.85. The van der Waals surface area contributed by atoms with Gasteiger partial charge in [-0.3, -0.25) is 0 Å². The van der Waals surface area contributed by atoms with E-state index in [4.69, 9.17) is 4.74 Å². The molecule has 0 aliphatic carbocycles. The lowest BCUT2D eigenvalue weighted by Gasteiger charge is -2.22. The van der Waals surface area contributed by atoms with E-state index < -0.39 is 0 Å². The first-order valence-corrected chi connectivity index (χ1v) is 11.0. The lowest BCUT2D eigenvalue weighted by atomic mass is 10.2. The zero-order chi connectivity index (χ0) is 19.9. The van der Waals surface area contributed by atoms with Crippen LogP contribution in [0.15, 0.2) is 54.6 Å². The Morgan fingerprint density at radius 1 is 0.750 bits per heavy atom. The number of nitrogens with zero attached hydrogens (tertiary/aromatic N) is 1. The number of ether oxygens (including phenoxy) is 1. The van der Waals surface area contributed by atoms with Crippen molar-refractivity contribution in [3.05, 3.63) is 65.7 Å². The van der Waals surface area contributed by atoms with Crippen LogP contribution in [0.1, 0.15) is 57.1 Å². The number of hydrogen-bond donors (Lipinski definition) is 1. The van der Waals surface area contributed by atoms with Gasteiger partial charge < -0.3 is 15.0 Å². The lowest BCUT2D eigenvalue weighted by molar-refractivity contribution is 0.261. The summed E-state index contributed by atoms with van der Waals surface area (Å²) in [5.41, 5.74) is 2.50. The predicted octanol–water partition coefficient (Wildman–Crippen LogP) is 5.65. The van der Waals surface area contributed by atoms with Gasteiger partial charge in [-0.05, 0) is 68.7 Å². The third-order valence-electron chi connectivity index (χ3n) is 4.98. The van der Waals surface area contributed by atoms with E-state index in [1.807, 2.05) is 18.2 Å². The number of nitrogens with one attached hydrogen (secondary N) is 1. The van der Waals surface area contributed by atoms with E-state index in [0.29, 0.717) is 6.61 Å². The van der Waals surface area contributed by atoms with Crippen LogP contribution in [0.25, 0.3) is 0 Å². The molecule has 3 nitrogen and oxygen atoms in total. The molecule has 28 heavy (non-hydrogen) atoms. The van der Waals surface area contributed by atoms with Gasteiger partial charge >= 0.3 is 0 Å². The van der Waals surface area contributed by atoms with Crippen LogP contribution in [0.2, 0.25) is 0 Å². The highest BCUT2D eigenvalue weighted by atomic mass is 16.5. The average molecular weight is 383 g/mol. The molecule has 0 unspecified atom stereocenters. The summed E-state index contributed by atoms with van der Waals surface area (Å²) >= 11 is 0. The van der Waals surface area contributed by atoms with Gasteiger partial charge in [0.2, 0.25) is 0 Å². The Balaban J connectivity index is 1.61.